The molecule has 0 aliphatic carbocycles. The lowest BCUT2D eigenvalue weighted by Gasteiger charge is -2.38. The highest BCUT2D eigenvalue weighted by Crippen LogP contribution is 2.28. The molecule has 1 heterocycles. The molecule has 1 fully saturated rings. The van der Waals surface area contributed by atoms with Crippen LogP contribution in [0.25, 0.3) is 0 Å². The third-order valence-corrected chi connectivity index (χ3v) is 7.13. The van der Waals surface area contributed by atoms with Gasteiger partial charge >= 0.3 is 0 Å². The zero-order valence-corrected chi connectivity index (χ0v) is 22.6. The number of hydrogen-bond donors (Lipinski definition) is 3. The third-order valence-electron chi connectivity index (χ3n) is 7.13. The summed E-state index contributed by atoms with van der Waals surface area (Å²) in [5.41, 5.74) is -1.34. The molecule has 3 N–H and O–H groups in total. The number of aliphatic hydroxyl groups excluding tert-OH is 2. The minimum absolute atomic E-state index is 0.0484. The Bertz CT molecular complexity index is 565. The summed E-state index contributed by atoms with van der Waals surface area (Å²) in [4.78, 5) is 13.5. The van der Waals surface area contributed by atoms with Crippen LogP contribution >= 0.6 is 0 Å². The van der Waals surface area contributed by atoms with E-state index in [0.717, 1.165) is 19.1 Å². The van der Waals surface area contributed by atoms with Crippen molar-refractivity contribution in [3.8, 4) is 0 Å². The molecule has 0 radical (unpaired) electrons. The van der Waals surface area contributed by atoms with Crippen LogP contribution in [0.4, 0.5) is 0 Å². The maximum absolute atomic E-state index is 11.5. The maximum Gasteiger partial charge on any atom is 0.158 e. The van der Waals surface area contributed by atoms with Gasteiger partial charge in [-0.2, -0.15) is 0 Å². The number of carbonyl (C=O) groups is 1. The van der Waals surface area contributed by atoms with E-state index >= 15 is 0 Å². The highest BCUT2D eigenvalue weighted by Gasteiger charge is 2.36. The highest BCUT2D eigenvalue weighted by atomic mass is 16.7. The molecule has 0 aromatic rings. The largest absolute Gasteiger partial charge is 0.393 e. The van der Waals surface area contributed by atoms with Gasteiger partial charge in [-0.1, -0.05) is 20.8 Å². The molecule has 8 nitrogen and oxygen atoms in total. The van der Waals surface area contributed by atoms with Crippen LogP contribution in [0, 0.1) is 17.8 Å². The summed E-state index contributed by atoms with van der Waals surface area (Å²) in [6.07, 6.45) is 2.52. The lowest BCUT2D eigenvalue weighted by atomic mass is 9.92. The molecule has 1 aliphatic heterocycles. The Morgan fingerprint density at radius 3 is 2.38 bits per heavy atom. The number of hydrogen-bond acceptors (Lipinski definition) is 8. The van der Waals surface area contributed by atoms with Crippen molar-refractivity contribution in [3.05, 3.63) is 0 Å². The van der Waals surface area contributed by atoms with Crippen molar-refractivity contribution in [1.29, 1.82) is 0 Å². The molecule has 8 heteroatoms. The average molecular weight is 490 g/mol. The van der Waals surface area contributed by atoms with Crippen LogP contribution in [0.1, 0.15) is 73.6 Å². The number of methoxy groups -OCH3 is 1. The van der Waals surface area contributed by atoms with E-state index in [1.807, 2.05) is 32.7 Å². The third kappa shape index (κ3) is 10.6. The fourth-order valence-electron chi connectivity index (χ4n) is 5.00. The fourth-order valence-corrected chi connectivity index (χ4v) is 5.00. The van der Waals surface area contributed by atoms with Gasteiger partial charge in [0.2, 0.25) is 0 Å². The first-order chi connectivity index (χ1) is 15.8. The van der Waals surface area contributed by atoms with Crippen molar-refractivity contribution in [2.45, 2.75) is 116 Å². The molecular weight excluding hydrogens is 438 g/mol. The first kappa shape index (κ1) is 31.4. The van der Waals surface area contributed by atoms with Crippen molar-refractivity contribution in [2.24, 2.45) is 17.8 Å². The molecule has 202 valence electrons. The van der Waals surface area contributed by atoms with E-state index in [-0.39, 0.29) is 43.0 Å². The number of aldehydes is 1. The summed E-state index contributed by atoms with van der Waals surface area (Å²) in [5, 5.41) is 31.7. The molecule has 0 saturated carbocycles. The predicted octanol–water partition coefficient (Wildman–Crippen LogP) is 2.61. The van der Waals surface area contributed by atoms with Crippen molar-refractivity contribution >= 4 is 6.29 Å². The second kappa shape index (κ2) is 14.8. The lowest BCUT2D eigenvalue weighted by Crippen LogP contribution is -2.54. The lowest BCUT2D eigenvalue weighted by molar-refractivity contribution is -0.227. The summed E-state index contributed by atoms with van der Waals surface area (Å²) in [6, 6.07) is -0.281. The van der Waals surface area contributed by atoms with Crippen molar-refractivity contribution in [1.82, 2.24) is 4.90 Å². The van der Waals surface area contributed by atoms with E-state index in [4.69, 9.17) is 14.2 Å². The van der Waals surface area contributed by atoms with Crippen molar-refractivity contribution < 1.29 is 34.3 Å². The van der Waals surface area contributed by atoms with Crippen LogP contribution in [0.3, 0.4) is 0 Å². The van der Waals surface area contributed by atoms with E-state index in [2.05, 4.69) is 13.8 Å². The molecule has 0 bridgehead atoms. The Hall–Kier alpha value is -0.610. The number of likely N-dealkylation sites (N-methyl/N-ethyl adjacent to an activating group) is 1. The summed E-state index contributed by atoms with van der Waals surface area (Å²) in [5.74, 6) is 0.422. The van der Waals surface area contributed by atoms with Crippen molar-refractivity contribution in [2.75, 3.05) is 27.3 Å². The van der Waals surface area contributed by atoms with Crippen LogP contribution in [0.15, 0.2) is 0 Å². The second-order valence-electron chi connectivity index (χ2n) is 11.1. The highest BCUT2D eigenvalue weighted by molar-refractivity contribution is 5.53. The van der Waals surface area contributed by atoms with Crippen molar-refractivity contribution in [3.63, 3.8) is 0 Å². The molecule has 0 aromatic carbocycles. The van der Waals surface area contributed by atoms with Gasteiger partial charge in [-0.25, -0.2) is 0 Å². The minimum atomic E-state index is -1.34. The maximum atomic E-state index is 11.5. The summed E-state index contributed by atoms with van der Waals surface area (Å²) in [7, 11) is 3.40. The van der Waals surface area contributed by atoms with E-state index in [1.165, 1.54) is 7.11 Å². The Morgan fingerprint density at radius 1 is 1.18 bits per heavy atom. The van der Waals surface area contributed by atoms with E-state index < -0.39 is 17.8 Å². The quantitative estimate of drug-likeness (QED) is 0.284. The fraction of sp³-hybridized carbons (Fsp3) is 0.962. The number of ether oxygens (including phenoxy) is 3. The smallest absolute Gasteiger partial charge is 0.158 e. The van der Waals surface area contributed by atoms with Gasteiger partial charge in [0.15, 0.2) is 6.29 Å². The number of rotatable bonds is 16. The average Bonchev–Trinajstić information content (AvgIpc) is 2.73. The summed E-state index contributed by atoms with van der Waals surface area (Å²) in [6.45, 7) is 12.3. The molecule has 0 amide bonds. The van der Waals surface area contributed by atoms with E-state index in [0.29, 0.717) is 31.7 Å². The van der Waals surface area contributed by atoms with Crippen LogP contribution in [0.5, 0.6) is 0 Å². The standard InChI is InChI=1S/C26H51NO7/c1-17-11-20(4)33-24(13-17)34-23(19(3)15-28)10-9-22(29)12-18(2)14-27(7)21(5)25(30)26(6,31)16-32-8/h15,17-25,29-31H,9-14,16H2,1-8H3/t17?,18-,19?,20?,21?,22?,23+,24+,25?,26-/m1/s1. The topological polar surface area (TPSA) is 109 Å². The predicted molar refractivity (Wildman–Crippen MR) is 132 cm³/mol. The van der Waals surface area contributed by atoms with Crippen LogP contribution in [-0.2, 0) is 19.0 Å². The van der Waals surface area contributed by atoms with Gasteiger partial charge in [0.1, 0.15) is 11.9 Å². The van der Waals surface area contributed by atoms with Crippen LogP contribution < -0.4 is 0 Å². The minimum Gasteiger partial charge on any atom is -0.393 e. The molecular formula is C26H51NO7. The van der Waals surface area contributed by atoms with Crippen LogP contribution in [0.2, 0.25) is 0 Å². The first-order valence-electron chi connectivity index (χ1n) is 12.8. The monoisotopic (exact) mass is 489 g/mol. The van der Waals surface area contributed by atoms with Gasteiger partial charge in [-0.3, -0.25) is 0 Å². The Labute approximate surface area is 207 Å². The van der Waals surface area contributed by atoms with E-state index in [9.17, 15) is 20.1 Å². The molecule has 0 aromatic heterocycles. The number of aliphatic hydroxyl groups is 3. The SMILES string of the molecule is COC[C@@](C)(O)C(O)C(C)N(C)C[C@H](C)CC(O)CC[C@H](O[C@H]1CC(C)CC(C)O1)C(C)C=O. The Morgan fingerprint density at radius 2 is 1.82 bits per heavy atom. The van der Waals surface area contributed by atoms with Gasteiger partial charge in [0, 0.05) is 32.0 Å². The van der Waals surface area contributed by atoms with Crippen LogP contribution in [-0.4, -0.2) is 96.2 Å². The van der Waals surface area contributed by atoms with Gasteiger partial charge in [0.05, 0.1) is 31.0 Å². The number of nitrogens with zero attached hydrogens (tertiary/aromatic N) is 1. The molecule has 1 saturated heterocycles. The Balaban J connectivity index is 2.54. The second-order valence-corrected chi connectivity index (χ2v) is 11.1. The normalized spacial score (nSPS) is 28.5. The van der Waals surface area contributed by atoms with Gasteiger partial charge in [-0.05, 0) is 65.3 Å². The molecule has 0 spiro atoms. The Kier molecular flexibility index (Phi) is 13.7. The van der Waals surface area contributed by atoms with Gasteiger partial charge in [0.25, 0.3) is 0 Å². The van der Waals surface area contributed by atoms with Gasteiger partial charge < -0.3 is 39.2 Å². The molecule has 1 rings (SSSR count). The zero-order valence-electron chi connectivity index (χ0n) is 22.6. The zero-order chi connectivity index (χ0) is 26.1. The molecule has 1 aliphatic rings. The molecule has 6 unspecified atom stereocenters. The van der Waals surface area contributed by atoms with Gasteiger partial charge in [-0.15, -0.1) is 0 Å². The summed E-state index contributed by atoms with van der Waals surface area (Å²) < 4.78 is 17.1. The molecule has 10 atom stereocenters. The molecule has 34 heavy (non-hydrogen) atoms. The summed E-state index contributed by atoms with van der Waals surface area (Å²) >= 11 is 0. The van der Waals surface area contributed by atoms with E-state index in [1.54, 1.807) is 6.92 Å². The number of carbonyl (C=O) groups excluding carboxylic acids is 1. The first-order valence-corrected chi connectivity index (χ1v) is 12.8.